The predicted octanol–water partition coefficient (Wildman–Crippen LogP) is -0.735. The Balaban J connectivity index is 2.66. The molecular formula is C16H23NO9. The molecule has 26 heavy (non-hydrogen) atoms. The summed E-state index contributed by atoms with van der Waals surface area (Å²) in [5, 5.41) is 30.1. The number of carboxylic acids is 1. The molecule has 0 amide bonds. The van der Waals surface area contributed by atoms with Crippen LogP contribution in [-0.4, -0.2) is 68.4 Å². The van der Waals surface area contributed by atoms with Gasteiger partial charge in [-0.3, -0.25) is 4.79 Å². The maximum absolute atomic E-state index is 13.1. The summed E-state index contributed by atoms with van der Waals surface area (Å²) in [5.74, 6) is -7.18. The van der Waals surface area contributed by atoms with E-state index in [4.69, 9.17) is 19.9 Å². The third-order valence-electron chi connectivity index (χ3n) is 4.37. The van der Waals surface area contributed by atoms with Crippen LogP contribution >= 0.6 is 0 Å². The molecule has 2 saturated heterocycles. The number of Topliss-reactive ketones (excluding diaryl/α,β-unsaturated/α-hetero) is 1. The van der Waals surface area contributed by atoms with Crippen LogP contribution in [0.15, 0.2) is 5.76 Å². The van der Waals surface area contributed by atoms with E-state index in [-0.39, 0.29) is 12.3 Å². The van der Waals surface area contributed by atoms with Gasteiger partial charge in [0.2, 0.25) is 11.4 Å². The fourth-order valence-corrected chi connectivity index (χ4v) is 3.49. The molecule has 5 atom stereocenters. The van der Waals surface area contributed by atoms with Gasteiger partial charge in [-0.15, -0.1) is 0 Å². The molecule has 0 aliphatic carbocycles. The van der Waals surface area contributed by atoms with Gasteiger partial charge in [0.1, 0.15) is 6.10 Å². The fourth-order valence-electron chi connectivity index (χ4n) is 3.49. The van der Waals surface area contributed by atoms with Gasteiger partial charge in [-0.25, -0.2) is 9.59 Å². The molecule has 0 aromatic carbocycles. The summed E-state index contributed by atoms with van der Waals surface area (Å²) in [4.78, 5) is 35.9. The van der Waals surface area contributed by atoms with Crippen molar-refractivity contribution in [1.82, 2.24) is 0 Å². The highest BCUT2D eigenvalue weighted by Crippen LogP contribution is 2.55. The fraction of sp³-hybridized carbons (Fsp3) is 0.750. The monoisotopic (exact) mass is 373 g/mol. The Labute approximate surface area is 149 Å². The number of aliphatic hydroxyl groups is 2. The molecule has 0 radical (unpaired) electrons. The van der Waals surface area contributed by atoms with E-state index in [1.54, 1.807) is 13.8 Å². The maximum atomic E-state index is 13.1. The van der Waals surface area contributed by atoms with Crippen molar-refractivity contribution in [3.05, 3.63) is 5.76 Å². The Morgan fingerprint density at radius 2 is 1.81 bits per heavy atom. The van der Waals surface area contributed by atoms with Crippen LogP contribution in [0, 0.1) is 5.92 Å². The second-order valence-corrected chi connectivity index (χ2v) is 7.33. The minimum absolute atomic E-state index is 0.0153. The number of carbonyl (C=O) groups is 2. The molecule has 2 aliphatic heterocycles. The molecule has 0 aromatic heterocycles. The van der Waals surface area contributed by atoms with E-state index < -0.39 is 52.9 Å². The van der Waals surface area contributed by atoms with Gasteiger partial charge in [-0.05, 0) is 26.2 Å². The summed E-state index contributed by atoms with van der Waals surface area (Å²) >= 11 is 0. The number of hydrogen-bond donors (Lipinski definition) is 4. The quantitative estimate of drug-likeness (QED) is 0.344. The summed E-state index contributed by atoms with van der Waals surface area (Å²) in [5.41, 5.74) is 3.34. The zero-order valence-corrected chi connectivity index (χ0v) is 14.9. The lowest BCUT2D eigenvalue weighted by molar-refractivity contribution is -0.261. The highest BCUT2D eigenvalue weighted by Gasteiger charge is 2.82. The van der Waals surface area contributed by atoms with Crippen molar-refractivity contribution in [2.75, 3.05) is 0 Å². The molecule has 2 rings (SSSR count). The van der Waals surface area contributed by atoms with Gasteiger partial charge in [0.25, 0.3) is 0 Å². The highest BCUT2D eigenvalue weighted by molar-refractivity contribution is 6.00. The van der Waals surface area contributed by atoms with E-state index in [2.05, 4.69) is 0 Å². The van der Waals surface area contributed by atoms with Crippen LogP contribution < -0.4 is 5.73 Å². The summed E-state index contributed by atoms with van der Waals surface area (Å²) in [6, 6.07) is -1.20. The van der Waals surface area contributed by atoms with Crippen LogP contribution in [0.2, 0.25) is 0 Å². The van der Waals surface area contributed by atoms with E-state index in [9.17, 15) is 29.7 Å². The van der Waals surface area contributed by atoms with E-state index >= 15 is 0 Å². The number of carbonyl (C=O) groups excluding carboxylic acids is 2. The van der Waals surface area contributed by atoms with E-state index in [1.165, 1.54) is 13.8 Å². The summed E-state index contributed by atoms with van der Waals surface area (Å²) in [6.45, 7) is 6.27. The van der Waals surface area contributed by atoms with Gasteiger partial charge in [0, 0.05) is 0 Å². The molecule has 0 bridgehead atoms. The standard InChI is InChI=1S/C16H23NO9/c1-7(2)5-8(17)11(20)15-12(21)10(9(19)6-18)24-16(15,13(22)23)26-14(3,4)25-15/h7-8,10,12,19,21H,5,17H2,1-4H3,(H,22,23)/t8-,10-,12+,15-,16-/m0/s1. The maximum Gasteiger partial charge on any atom is 0.368 e. The first kappa shape index (κ1) is 20.5. The topological polar surface area (TPSA) is 166 Å². The summed E-state index contributed by atoms with van der Waals surface area (Å²) in [7, 11) is 0. The van der Waals surface area contributed by atoms with Crippen LogP contribution in [0.1, 0.15) is 34.1 Å². The lowest BCUT2D eigenvalue weighted by Crippen LogP contribution is -2.67. The van der Waals surface area contributed by atoms with Gasteiger partial charge in [-0.2, -0.15) is 0 Å². The lowest BCUT2D eigenvalue weighted by Gasteiger charge is -2.34. The molecule has 0 saturated carbocycles. The minimum atomic E-state index is -2.79. The Hall–Kier alpha value is -1.81. The van der Waals surface area contributed by atoms with Gasteiger partial charge < -0.3 is 35.3 Å². The second-order valence-electron chi connectivity index (χ2n) is 7.33. The number of aliphatic carboxylic acids is 1. The number of fused-ring (bicyclic) bond motifs is 1. The van der Waals surface area contributed by atoms with E-state index in [0.29, 0.717) is 0 Å². The van der Waals surface area contributed by atoms with Crippen molar-refractivity contribution in [3.63, 3.8) is 0 Å². The first-order valence-electron chi connectivity index (χ1n) is 8.08. The first-order chi connectivity index (χ1) is 11.8. The van der Waals surface area contributed by atoms with Crippen molar-refractivity contribution in [2.45, 2.75) is 69.5 Å². The molecule has 10 nitrogen and oxygen atoms in total. The zero-order valence-electron chi connectivity index (χ0n) is 14.9. The average Bonchev–Trinajstić information content (AvgIpc) is 2.91. The number of carboxylic acid groups (broad SMARTS) is 1. The van der Waals surface area contributed by atoms with Crippen molar-refractivity contribution >= 4 is 17.7 Å². The third-order valence-corrected chi connectivity index (χ3v) is 4.37. The molecule has 146 valence electrons. The Morgan fingerprint density at radius 3 is 2.27 bits per heavy atom. The van der Waals surface area contributed by atoms with Crippen molar-refractivity contribution in [2.24, 2.45) is 11.7 Å². The van der Waals surface area contributed by atoms with Crippen molar-refractivity contribution in [1.29, 1.82) is 0 Å². The largest absolute Gasteiger partial charge is 0.500 e. The molecule has 0 unspecified atom stereocenters. The van der Waals surface area contributed by atoms with Crippen LogP contribution in [0.3, 0.4) is 0 Å². The van der Waals surface area contributed by atoms with Crippen molar-refractivity contribution in [3.8, 4) is 0 Å². The Kier molecular flexibility index (Phi) is 5.06. The normalized spacial score (nSPS) is 36.4. The Bertz CT molecular complexity index is 669. The Morgan fingerprint density at radius 1 is 1.23 bits per heavy atom. The third kappa shape index (κ3) is 2.75. The smallest absolute Gasteiger partial charge is 0.368 e. The number of aliphatic hydroxyl groups excluding tert-OH is 2. The molecule has 0 aromatic rings. The molecular weight excluding hydrogens is 350 g/mol. The summed E-state index contributed by atoms with van der Waals surface area (Å²) < 4.78 is 16.1. The van der Waals surface area contributed by atoms with Gasteiger partial charge in [0.15, 0.2) is 23.6 Å². The van der Waals surface area contributed by atoms with Crippen LogP contribution in [0.25, 0.3) is 0 Å². The molecule has 2 heterocycles. The van der Waals surface area contributed by atoms with Crippen LogP contribution in [0.5, 0.6) is 0 Å². The van der Waals surface area contributed by atoms with Crippen LogP contribution in [-0.2, 0) is 28.6 Å². The number of nitrogens with two attached hydrogens (primary N) is 1. The first-order valence-corrected chi connectivity index (χ1v) is 8.08. The highest BCUT2D eigenvalue weighted by atomic mass is 16.9. The average molecular weight is 373 g/mol. The van der Waals surface area contributed by atoms with E-state index in [1.807, 2.05) is 0 Å². The number of hydrogen-bond acceptors (Lipinski definition) is 9. The minimum Gasteiger partial charge on any atom is -0.500 e. The van der Waals surface area contributed by atoms with Gasteiger partial charge in [-0.1, -0.05) is 13.8 Å². The second kappa shape index (κ2) is 6.41. The number of rotatable bonds is 6. The molecule has 5 N–H and O–H groups in total. The van der Waals surface area contributed by atoms with Crippen LogP contribution in [0.4, 0.5) is 0 Å². The molecule has 2 aliphatic rings. The van der Waals surface area contributed by atoms with Gasteiger partial charge >= 0.3 is 11.8 Å². The molecule has 2 fully saturated rings. The van der Waals surface area contributed by atoms with Crippen molar-refractivity contribution < 1.29 is 43.9 Å². The van der Waals surface area contributed by atoms with Gasteiger partial charge in [0.05, 0.1) is 6.04 Å². The lowest BCUT2D eigenvalue weighted by atomic mass is 9.79. The molecule has 0 spiro atoms. The summed E-state index contributed by atoms with van der Waals surface area (Å²) in [6.07, 6.45) is -3.77. The predicted molar refractivity (Wildman–Crippen MR) is 84.5 cm³/mol. The zero-order chi connectivity index (χ0) is 20.1. The number of ether oxygens (including phenoxy) is 3. The number of ketones is 1. The van der Waals surface area contributed by atoms with E-state index in [0.717, 1.165) is 5.94 Å². The SMILES string of the molecule is CC(C)C[C@H](N)C(=O)[C@@]12OC(C)(C)O[C@]1(C(=O)O)O[C@@H](C(O)=C=O)[C@H]2O. The molecule has 10 heteroatoms.